The Bertz CT molecular complexity index is 401. The summed E-state index contributed by atoms with van der Waals surface area (Å²) in [5, 5.41) is 14.4. The molecule has 0 fully saturated rings. The summed E-state index contributed by atoms with van der Waals surface area (Å²) in [5.74, 6) is 0. The molecule has 0 spiro atoms. The fraction of sp³-hybridized carbons (Fsp3) is 0. The molecule has 0 radical (unpaired) electrons. The lowest BCUT2D eigenvalue weighted by molar-refractivity contribution is -0.668. The van der Waals surface area contributed by atoms with Crippen LogP contribution in [0.1, 0.15) is 0 Å². The van der Waals surface area contributed by atoms with Gasteiger partial charge in [-0.3, -0.25) is 0 Å². The summed E-state index contributed by atoms with van der Waals surface area (Å²) in [4.78, 5) is 0.558. The van der Waals surface area contributed by atoms with Crippen molar-refractivity contribution in [1.82, 2.24) is 5.10 Å². The van der Waals surface area contributed by atoms with E-state index in [1.165, 1.54) is 12.4 Å². The average Bonchev–Trinajstić information content (AvgIpc) is 2.19. The molecular formula is C10H8N2O. The number of rotatable bonds is 1. The molecule has 0 bridgehead atoms. The number of benzene rings is 1. The van der Waals surface area contributed by atoms with Crippen LogP contribution in [0.3, 0.4) is 0 Å². The van der Waals surface area contributed by atoms with Crippen LogP contribution < -0.4 is 4.85 Å². The molecule has 0 atom stereocenters. The predicted molar refractivity (Wildman–Crippen MR) is 48.6 cm³/mol. The van der Waals surface area contributed by atoms with Gasteiger partial charge in [0.2, 0.25) is 6.20 Å². The molecule has 0 amide bonds. The Morgan fingerprint density at radius 1 is 1.00 bits per heavy atom. The van der Waals surface area contributed by atoms with Crippen LogP contribution in [0.15, 0.2) is 48.8 Å². The van der Waals surface area contributed by atoms with Crippen LogP contribution in [0.4, 0.5) is 0 Å². The fourth-order valence-electron chi connectivity index (χ4n) is 1.18. The standard InChI is InChI=1S/C10H8N2O/c13-12-8-10(6-7-11-12)9-4-2-1-3-5-9/h1-8H. The predicted octanol–water partition coefficient (Wildman–Crippen LogP) is 1.38. The van der Waals surface area contributed by atoms with Crippen molar-refractivity contribution in [1.29, 1.82) is 0 Å². The highest BCUT2D eigenvalue weighted by molar-refractivity contribution is 5.60. The summed E-state index contributed by atoms with van der Waals surface area (Å²) < 4.78 is 0. The third-order valence-corrected chi connectivity index (χ3v) is 1.79. The van der Waals surface area contributed by atoms with E-state index >= 15 is 0 Å². The first kappa shape index (κ1) is 7.73. The molecular weight excluding hydrogens is 164 g/mol. The second-order valence-electron chi connectivity index (χ2n) is 2.68. The zero-order valence-corrected chi connectivity index (χ0v) is 6.92. The van der Waals surface area contributed by atoms with Crippen LogP contribution in [-0.4, -0.2) is 5.10 Å². The van der Waals surface area contributed by atoms with E-state index in [1.807, 2.05) is 36.4 Å². The van der Waals surface area contributed by atoms with E-state index < -0.39 is 0 Å². The summed E-state index contributed by atoms with van der Waals surface area (Å²) in [6.07, 6.45) is 2.95. The minimum Gasteiger partial charge on any atom is -0.594 e. The molecule has 0 aliphatic heterocycles. The lowest BCUT2D eigenvalue weighted by Crippen LogP contribution is -2.29. The molecule has 13 heavy (non-hydrogen) atoms. The first-order valence-electron chi connectivity index (χ1n) is 3.97. The Balaban J connectivity index is 2.48. The maximum Gasteiger partial charge on any atom is 0.217 e. The van der Waals surface area contributed by atoms with Crippen LogP contribution in [0.5, 0.6) is 0 Å². The highest BCUT2D eigenvalue weighted by Crippen LogP contribution is 2.15. The number of hydrogen-bond donors (Lipinski definition) is 0. The molecule has 3 nitrogen and oxygen atoms in total. The maximum absolute atomic E-state index is 10.9. The van der Waals surface area contributed by atoms with Crippen molar-refractivity contribution in [2.45, 2.75) is 0 Å². The Hall–Kier alpha value is -1.90. The first-order valence-corrected chi connectivity index (χ1v) is 3.97. The molecule has 0 aliphatic carbocycles. The molecule has 2 rings (SSSR count). The van der Waals surface area contributed by atoms with Gasteiger partial charge in [-0.25, -0.2) is 0 Å². The van der Waals surface area contributed by atoms with Crippen molar-refractivity contribution in [3.05, 3.63) is 54.0 Å². The van der Waals surface area contributed by atoms with Gasteiger partial charge < -0.3 is 5.21 Å². The van der Waals surface area contributed by atoms with Crippen molar-refractivity contribution in [3.8, 4) is 11.1 Å². The lowest BCUT2D eigenvalue weighted by atomic mass is 10.1. The van der Waals surface area contributed by atoms with Crippen molar-refractivity contribution >= 4 is 0 Å². The van der Waals surface area contributed by atoms with Gasteiger partial charge >= 0.3 is 0 Å². The smallest absolute Gasteiger partial charge is 0.217 e. The molecule has 0 aliphatic rings. The van der Waals surface area contributed by atoms with Gasteiger partial charge in [0.25, 0.3) is 0 Å². The summed E-state index contributed by atoms with van der Waals surface area (Å²) in [5.41, 5.74) is 1.90. The van der Waals surface area contributed by atoms with E-state index in [9.17, 15) is 5.21 Å². The lowest BCUT2D eigenvalue weighted by Gasteiger charge is -1.98. The first-order chi connectivity index (χ1) is 6.36. The van der Waals surface area contributed by atoms with E-state index in [0.717, 1.165) is 11.1 Å². The van der Waals surface area contributed by atoms with E-state index in [4.69, 9.17) is 0 Å². The van der Waals surface area contributed by atoms with Gasteiger partial charge in [0, 0.05) is 5.10 Å². The van der Waals surface area contributed by atoms with Crippen LogP contribution in [0.2, 0.25) is 0 Å². The molecule has 0 N–H and O–H groups in total. The van der Waals surface area contributed by atoms with Crippen molar-refractivity contribution in [2.75, 3.05) is 0 Å². The van der Waals surface area contributed by atoms with E-state index in [2.05, 4.69) is 5.10 Å². The van der Waals surface area contributed by atoms with E-state index in [1.54, 1.807) is 0 Å². The third-order valence-electron chi connectivity index (χ3n) is 1.79. The zero-order valence-electron chi connectivity index (χ0n) is 6.92. The molecule has 64 valence electrons. The van der Waals surface area contributed by atoms with Crippen molar-refractivity contribution in [3.63, 3.8) is 0 Å². The van der Waals surface area contributed by atoms with Crippen LogP contribution in [0, 0.1) is 5.21 Å². The van der Waals surface area contributed by atoms with Crippen LogP contribution in [-0.2, 0) is 0 Å². The van der Waals surface area contributed by atoms with Crippen LogP contribution in [0.25, 0.3) is 11.1 Å². The SMILES string of the molecule is [O-][n+]1cc(-c2ccccc2)ccn1. The van der Waals surface area contributed by atoms with Gasteiger partial charge in [0.05, 0.1) is 11.8 Å². The van der Waals surface area contributed by atoms with Gasteiger partial charge in [-0.05, 0) is 11.6 Å². The Morgan fingerprint density at radius 3 is 2.46 bits per heavy atom. The van der Waals surface area contributed by atoms with Gasteiger partial charge in [-0.2, -0.15) is 0 Å². The van der Waals surface area contributed by atoms with E-state index in [-0.39, 0.29) is 0 Å². The van der Waals surface area contributed by atoms with Gasteiger partial charge in [-0.15, -0.1) is 0 Å². The van der Waals surface area contributed by atoms with Crippen molar-refractivity contribution < 1.29 is 4.85 Å². The number of nitrogens with zero attached hydrogens (tertiary/aromatic N) is 2. The monoisotopic (exact) mass is 172 g/mol. The second-order valence-corrected chi connectivity index (χ2v) is 2.68. The number of aromatic nitrogens is 2. The van der Waals surface area contributed by atoms with Gasteiger partial charge in [0.1, 0.15) is 0 Å². The number of hydrogen-bond acceptors (Lipinski definition) is 2. The minimum atomic E-state index is 0.558. The Kier molecular flexibility index (Phi) is 1.92. The molecule has 1 heterocycles. The van der Waals surface area contributed by atoms with Crippen LogP contribution >= 0.6 is 0 Å². The van der Waals surface area contributed by atoms with Gasteiger partial charge in [0.15, 0.2) is 0 Å². The molecule has 2 aromatic rings. The third kappa shape index (κ3) is 1.64. The molecule has 0 saturated heterocycles. The van der Waals surface area contributed by atoms with Gasteiger partial charge in [-0.1, -0.05) is 35.2 Å². The molecule has 1 aromatic heterocycles. The molecule has 3 heteroatoms. The summed E-state index contributed by atoms with van der Waals surface area (Å²) >= 11 is 0. The molecule has 1 aromatic carbocycles. The quantitative estimate of drug-likeness (QED) is 0.481. The zero-order chi connectivity index (χ0) is 9.10. The second kappa shape index (κ2) is 3.23. The highest BCUT2D eigenvalue weighted by Gasteiger charge is 1.99. The molecule has 0 unspecified atom stereocenters. The van der Waals surface area contributed by atoms with Crippen molar-refractivity contribution in [2.24, 2.45) is 0 Å². The molecule has 0 saturated carbocycles. The Morgan fingerprint density at radius 2 is 1.77 bits per heavy atom. The largest absolute Gasteiger partial charge is 0.594 e. The summed E-state index contributed by atoms with van der Waals surface area (Å²) in [6, 6.07) is 11.5. The maximum atomic E-state index is 10.9. The normalized spacial score (nSPS) is 9.85. The summed E-state index contributed by atoms with van der Waals surface area (Å²) in [7, 11) is 0. The fourth-order valence-corrected chi connectivity index (χ4v) is 1.18. The Labute approximate surface area is 75.9 Å². The van der Waals surface area contributed by atoms with E-state index in [0.29, 0.717) is 4.85 Å². The highest BCUT2D eigenvalue weighted by atomic mass is 16.5. The topological polar surface area (TPSA) is 39.8 Å². The summed E-state index contributed by atoms with van der Waals surface area (Å²) in [6.45, 7) is 0. The average molecular weight is 172 g/mol. The minimum absolute atomic E-state index is 0.558.